The summed E-state index contributed by atoms with van der Waals surface area (Å²) in [4.78, 5) is 4.27. The highest BCUT2D eigenvalue weighted by molar-refractivity contribution is 9.11. The topological polar surface area (TPSA) is 26.0 Å². The van der Waals surface area contributed by atoms with Crippen LogP contribution in [0, 0.1) is 0 Å². The fraction of sp³-hybridized carbons (Fsp3) is 0.286. The molecule has 0 atom stereocenters. The van der Waals surface area contributed by atoms with Crippen LogP contribution in [0.3, 0.4) is 0 Å². The molecule has 58 valence electrons. The van der Waals surface area contributed by atoms with Crippen molar-refractivity contribution >= 4 is 38.4 Å². The van der Waals surface area contributed by atoms with Crippen molar-refractivity contribution in [3.05, 3.63) is 15.1 Å². The molecule has 0 aliphatic carbocycles. The predicted molar refractivity (Wildman–Crippen MR) is 49.0 cm³/mol. The van der Waals surface area contributed by atoms with Crippen LogP contribution in [0.2, 0.25) is 0 Å². The lowest BCUT2D eigenvalue weighted by molar-refractivity contribution is 0.537. The van der Waals surface area contributed by atoms with E-state index in [9.17, 15) is 0 Å². The number of nitrogens with zero attached hydrogens (tertiary/aromatic N) is 1. The van der Waals surface area contributed by atoms with Crippen molar-refractivity contribution in [2.45, 2.75) is 13.3 Å². The van der Waals surface area contributed by atoms with E-state index in [-0.39, 0.29) is 0 Å². The zero-order valence-corrected chi connectivity index (χ0v) is 8.33. The average Bonchev–Trinajstić information content (AvgIpc) is 2.53. The van der Waals surface area contributed by atoms with Gasteiger partial charge in [-0.1, -0.05) is 6.92 Å². The number of hydrogen-bond acceptors (Lipinski definition) is 3. The maximum Gasteiger partial charge on any atom is 0.195 e. The van der Waals surface area contributed by atoms with E-state index in [2.05, 4.69) is 20.9 Å². The highest BCUT2D eigenvalue weighted by Crippen LogP contribution is 2.30. The number of aryl methyl sites for hydroxylation is 1. The predicted octanol–water partition coefficient (Wildman–Crippen LogP) is 3.21. The van der Waals surface area contributed by atoms with E-state index in [4.69, 9.17) is 4.42 Å². The van der Waals surface area contributed by atoms with Crippen LogP contribution >= 0.6 is 27.3 Å². The quantitative estimate of drug-likeness (QED) is 0.754. The van der Waals surface area contributed by atoms with Gasteiger partial charge in [0.25, 0.3) is 0 Å². The first kappa shape index (κ1) is 7.31. The van der Waals surface area contributed by atoms with Crippen molar-refractivity contribution in [3.8, 4) is 0 Å². The molecule has 0 N–H and O–H groups in total. The maximum atomic E-state index is 5.44. The molecule has 0 unspecified atom stereocenters. The zero-order chi connectivity index (χ0) is 7.84. The Kier molecular flexibility index (Phi) is 1.73. The fourth-order valence-corrected chi connectivity index (χ4v) is 2.10. The van der Waals surface area contributed by atoms with Gasteiger partial charge in [0.05, 0.1) is 0 Å². The van der Waals surface area contributed by atoms with E-state index < -0.39 is 0 Å². The molecule has 11 heavy (non-hydrogen) atoms. The van der Waals surface area contributed by atoms with E-state index in [1.807, 2.05) is 12.3 Å². The Balaban J connectivity index is 2.70. The Morgan fingerprint density at radius 1 is 1.73 bits per heavy atom. The number of fused-ring (bicyclic) bond motifs is 1. The highest BCUT2D eigenvalue weighted by atomic mass is 79.9. The number of oxazole rings is 1. The van der Waals surface area contributed by atoms with Gasteiger partial charge < -0.3 is 4.42 Å². The summed E-state index contributed by atoms with van der Waals surface area (Å²) in [5, 5.41) is 1.99. The lowest BCUT2D eigenvalue weighted by Gasteiger charge is -1.81. The standard InChI is InChI=1S/C7H6BrNOS/c1-2-5-9-4-3-11-7(8)6(4)10-5/h3H,2H2,1H3. The van der Waals surface area contributed by atoms with Crippen molar-refractivity contribution in [2.24, 2.45) is 0 Å². The number of aromatic nitrogens is 1. The summed E-state index contributed by atoms with van der Waals surface area (Å²) >= 11 is 5.00. The van der Waals surface area contributed by atoms with E-state index in [1.165, 1.54) is 0 Å². The summed E-state index contributed by atoms with van der Waals surface area (Å²) in [6, 6.07) is 0. The molecule has 0 amide bonds. The van der Waals surface area contributed by atoms with Crippen molar-refractivity contribution in [1.29, 1.82) is 0 Å². The molecular formula is C7H6BrNOS. The second-order valence-corrected chi connectivity index (χ2v) is 4.38. The van der Waals surface area contributed by atoms with Gasteiger partial charge in [-0.15, -0.1) is 11.3 Å². The second-order valence-electron chi connectivity index (χ2n) is 2.18. The molecule has 2 rings (SSSR count). The van der Waals surface area contributed by atoms with Gasteiger partial charge in [0.15, 0.2) is 11.5 Å². The third kappa shape index (κ3) is 1.10. The summed E-state index contributed by atoms with van der Waals surface area (Å²) in [6.07, 6.45) is 0.853. The van der Waals surface area contributed by atoms with Crippen LogP contribution in [0.5, 0.6) is 0 Å². The largest absolute Gasteiger partial charge is 0.439 e. The Bertz CT molecular complexity index is 379. The number of halogens is 1. The third-order valence-corrected chi connectivity index (χ3v) is 3.11. The minimum atomic E-state index is 0.809. The molecule has 0 saturated carbocycles. The number of thiophene rings is 1. The Morgan fingerprint density at radius 3 is 3.18 bits per heavy atom. The van der Waals surface area contributed by atoms with E-state index in [0.29, 0.717) is 0 Å². The van der Waals surface area contributed by atoms with Gasteiger partial charge in [-0.3, -0.25) is 0 Å². The molecule has 4 heteroatoms. The molecule has 0 aliphatic heterocycles. The van der Waals surface area contributed by atoms with E-state index in [0.717, 1.165) is 27.2 Å². The van der Waals surface area contributed by atoms with Gasteiger partial charge in [-0.2, -0.15) is 0 Å². The van der Waals surface area contributed by atoms with Gasteiger partial charge in [0.1, 0.15) is 9.30 Å². The molecule has 2 aromatic heterocycles. The Morgan fingerprint density at radius 2 is 2.55 bits per heavy atom. The van der Waals surface area contributed by atoms with Gasteiger partial charge in [-0.25, -0.2) is 4.98 Å². The Labute approximate surface area is 76.4 Å². The van der Waals surface area contributed by atoms with Crippen LogP contribution < -0.4 is 0 Å². The molecule has 0 fully saturated rings. The van der Waals surface area contributed by atoms with Crippen LogP contribution in [0.15, 0.2) is 13.6 Å². The van der Waals surface area contributed by atoms with Crippen molar-refractivity contribution in [2.75, 3.05) is 0 Å². The van der Waals surface area contributed by atoms with Crippen molar-refractivity contribution in [3.63, 3.8) is 0 Å². The van der Waals surface area contributed by atoms with Crippen LogP contribution in [-0.4, -0.2) is 4.98 Å². The molecule has 0 aliphatic rings. The average molecular weight is 232 g/mol. The normalized spacial score (nSPS) is 11.1. The van der Waals surface area contributed by atoms with Crippen molar-refractivity contribution in [1.82, 2.24) is 4.98 Å². The molecule has 0 bridgehead atoms. The minimum absolute atomic E-state index is 0.809. The SMILES string of the molecule is CCc1nc2csc(Br)c2o1. The molecule has 2 heterocycles. The molecule has 0 spiro atoms. The van der Waals surface area contributed by atoms with Gasteiger partial charge in [-0.05, 0) is 15.9 Å². The molecule has 0 radical (unpaired) electrons. The summed E-state index contributed by atoms with van der Waals surface area (Å²) < 4.78 is 6.47. The summed E-state index contributed by atoms with van der Waals surface area (Å²) in [7, 11) is 0. The van der Waals surface area contributed by atoms with Crippen LogP contribution in [0.1, 0.15) is 12.8 Å². The molecular weight excluding hydrogens is 226 g/mol. The first-order valence-electron chi connectivity index (χ1n) is 3.33. The lowest BCUT2D eigenvalue weighted by atomic mass is 10.5. The van der Waals surface area contributed by atoms with Crippen LogP contribution in [-0.2, 0) is 6.42 Å². The van der Waals surface area contributed by atoms with Crippen molar-refractivity contribution < 1.29 is 4.42 Å². The molecule has 2 nitrogen and oxygen atoms in total. The maximum absolute atomic E-state index is 5.44. The molecule has 0 aromatic carbocycles. The monoisotopic (exact) mass is 231 g/mol. The number of hydrogen-bond donors (Lipinski definition) is 0. The molecule has 0 saturated heterocycles. The summed E-state index contributed by atoms with van der Waals surface area (Å²) in [6.45, 7) is 2.03. The lowest BCUT2D eigenvalue weighted by Crippen LogP contribution is -1.74. The number of rotatable bonds is 1. The van der Waals surface area contributed by atoms with E-state index in [1.54, 1.807) is 11.3 Å². The summed E-state index contributed by atoms with van der Waals surface area (Å²) in [5.41, 5.74) is 1.84. The Hall–Kier alpha value is -0.350. The highest BCUT2D eigenvalue weighted by Gasteiger charge is 2.08. The zero-order valence-electron chi connectivity index (χ0n) is 5.93. The smallest absolute Gasteiger partial charge is 0.195 e. The van der Waals surface area contributed by atoms with Gasteiger partial charge in [0.2, 0.25) is 0 Å². The third-order valence-electron chi connectivity index (χ3n) is 1.45. The molecule has 2 aromatic rings. The van der Waals surface area contributed by atoms with Gasteiger partial charge >= 0.3 is 0 Å². The first-order chi connectivity index (χ1) is 5.31. The minimum Gasteiger partial charge on any atom is -0.439 e. The van der Waals surface area contributed by atoms with Crippen LogP contribution in [0.25, 0.3) is 11.1 Å². The van der Waals surface area contributed by atoms with E-state index >= 15 is 0 Å². The summed E-state index contributed by atoms with van der Waals surface area (Å²) in [5.74, 6) is 0.809. The van der Waals surface area contributed by atoms with Gasteiger partial charge in [0, 0.05) is 11.8 Å². The second kappa shape index (κ2) is 2.60. The first-order valence-corrected chi connectivity index (χ1v) is 5.01. The van der Waals surface area contributed by atoms with Crippen LogP contribution in [0.4, 0.5) is 0 Å². The fourth-order valence-electron chi connectivity index (χ4n) is 0.911.